The Balaban J connectivity index is 1.38. The van der Waals surface area contributed by atoms with Gasteiger partial charge in [0.05, 0.1) is 5.69 Å². The van der Waals surface area contributed by atoms with Gasteiger partial charge in [-0.3, -0.25) is 9.36 Å². The van der Waals surface area contributed by atoms with E-state index in [4.69, 9.17) is 9.40 Å². The highest BCUT2D eigenvalue weighted by molar-refractivity contribution is 5.94. The first-order valence-electron chi connectivity index (χ1n) is 11.8. The minimum Gasteiger partial charge on any atom is -0.462 e. The fraction of sp³-hybridized carbons (Fsp3) is 0.360. The van der Waals surface area contributed by atoms with Crippen molar-refractivity contribution in [2.24, 2.45) is 0 Å². The zero-order valence-corrected chi connectivity index (χ0v) is 18.8. The number of hydrogen-bond acceptors (Lipinski definition) is 8. The SMILES string of the molecule is N#Cc1cc2cnc(Nc3ccc4occ(N5CCNCC5)c4c3)nc2n(C2CCCC2)c1=O. The van der Waals surface area contributed by atoms with E-state index >= 15 is 0 Å². The summed E-state index contributed by atoms with van der Waals surface area (Å²) in [5.41, 5.74) is 3.19. The van der Waals surface area contributed by atoms with Crippen LogP contribution in [0.1, 0.15) is 37.3 Å². The molecular formula is C25H25N7O2. The number of rotatable bonds is 4. The number of furan rings is 1. The van der Waals surface area contributed by atoms with E-state index in [1.807, 2.05) is 30.5 Å². The topological polar surface area (TPSA) is 112 Å². The average molecular weight is 456 g/mol. The summed E-state index contributed by atoms with van der Waals surface area (Å²) >= 11 is 0. The molecule has 0 atom stereocenters. The molecular weight excluding hydrogens is 430 g/mol. The molecule has 4 heterocycles. The Morgan fingerprint density at radius 1 is 1.18 bits per heavy atom. The molecule has 2 N–H and O–H groups in total. The van der Waals surface area contributed by atoms with Crippen molar-refractivity contribution in [3.05, 3.63) is 52.6 Å². The van der Waals surface area contributed by atoms with Crippen LogP contribution in [0.15, 0.2) is 45.9 Å². The number of hydrogen-bond donors (Lipinski definition) is 2. The predicted octanol–water partition coefficient (Wildman–Crippen LogP) is 3.68. The maximum Gasteiger partial charge on any atom is 0.270 e. The fourth-order valence-corrected chi connectivity index (χ4v) is 5.13. The zero-order chi connectivity index (χ0) is 23.1. The maximum absolute atomic E-state index is 13.0. The number of pyridine rings is 1. The van der Waals surface area contributed by atoms with E-state index in [-0.39, 0.29) is 17.2 Å². The van der Waals surface area contributed by atoms with E-state index in [2.05, 4.69) is 20.5 Å². The molecule has 0 radical (unpaired) electrons. The molecule has 0 amide bonds. The molecule has 2 aliphatic rings. The number of piperazine rings is 1. The van der Waals surface area contributed by atoms with E-state index in [9.17, 15) is 10.1 Å². The first-order chi connectivity index (χ1) is 16.7. The van der Waals surface area contributed by atoms with Crippen LogP contribution in [0, 0.1) is 11.3 Å². The molecule has 1 aliphatic carbocycles. The van der Waals surface area contributed by atoms with Crippen LogP contribution in [0.4, 0.5) is 17.3 Å². The largest absolute Gasteiger partial charge is 0.462 e. The third kappa shape index (κ3) is 3.56. The second kappa shape index (κ2) is 8.47. The van der Waals surface area contributed by atoms with Gasteiger partial charge in [-0.15, -0.1) is 0 Å². The van der Waals surface area contributed by atoms with E-state index in [0.29, 0.717) is 17.0 Å². The van der Waals surface area contributed by atoms with Crippen LogP contribution in [-0.4, -0.2) is 40.7 Å². The monoisotopic (exact) mass is 455 g/mol. The lowest BCUT2D eigenvalue weighted by Crippen LogP contribution is -2.43. The summed E-state index contributed by atoms with van der Waals surface area (Å²) in [5.74, 6) is 0.412. The summed E-state index contributed by atoms with van der Waals surface area (Å²) in [7, 11) is 0. The minimum absolute atomic E-state index is 0.0647. The summed E-state index contributed by atoms with van der Waals surface area (Å²) < 4.78 is 7.49. The van der Waals surface area contributed by atoms with Gasteiger partial charge < -0.3 is 20.0 Å². The van der Waals surface area contributed by atoms with Crippen molar-refractivity contribution in [3.63, 3.8) is 0 Å². The Kier molecular flexibility index (Phi) is 5.15. The van der Waals surface area contributed by atoms with Gasteiger partial charge in [0.2, 0.25) is 5.95 Å². The number of aromatic nitrogens is 3. The molecule has 9 nitrogen and oxygen atoms in total. The highest BCUT2D eigenvalue weighted by atomic mass is 16.3. The van der Waals surface area contributed by atoms with Gasteiger partial charge in [0.1, 0.15) is 29.1 Å². The van der Waals surface area contributed by atoms with Crippen LogP contribution in [-0.2, 0) is 0 Å². The average Bonchev–Trinajstić information content (AvgIpc) is 3.54. The van der Waals surface area contributed by atoms with Crippen molar-refractivity contribution in [2.45, 2.75) is 31.7 Å². The van der Waals surface area contributed by atoms with Gasteiger partial charge in [0, 0.05) is 54.9 Å². The minimum atomic E-state index is -0.271. The first kappa shape index (κ1) is 20.7. The lowest BCUT2D eigenvalue weighted by atomic mass is 10.2. The van der Waals surface area contributed by atoms with Crippen LogP contribution >= 0.6 is 0 Å². The normalized spacial score (nSPS) is 16.9. The Morgan fingerprint density at radius 2 is 2.00 bits per heavy atom. The molecule has 1 aromatic carbocycles. The molecule has 4 aromatic rings. The molecule has 1 aliphatic heterocycles. The van der Waals surface area contributed by atoms with Crippen LogP contribution in [0.3, 0.4) is 0 Å². The van der Waals surface area contributed by atoms with E-state index in [1.165, 1.54) is 0 Å². The van der Waals surface area contributed by atoms with Crippen LogP contribution in [0.2, 0.25) is 0 Å². The second-order valence-electron chi connectivity index (χ2n) is 8.95. The number of nitrogens with zero attached hydrogens (tertiary/aromatic N) is 5. The van der Waals surface area contributed by atoms with Gasteiger partial charge in [-0.25, -0.2) is 4.98 Å². The quantitative estimate of drug-likeness (QED) is 0.479. The molecule has 0 unspecified atom stereocenters. The molecule has 6 rings (SSSR count). The van der Waals surface area contributed by atoms with E-state index in [1.54, 1.807) is 16.8 Å². The standard InChI is InChI=1S/C25H25N7O2/c26-13-16-11-17-14-28-25(30-23(17)32(24(16)33)19-3-1-2-4-19)29-18-5-6-22-20(12-18)21(15-34-22)31-9-7-27-8-10-31/h5-6,11-12,14-15,19,27H,1-4,7-10H2,(H,28,29,30). The smallest absolute Gasteiger partial charge is 0.270 e. The number of fused-ring (bicyclic) bond motifs is 2. The number of benzene rings is 1. The summed E-state index contributed by atoms with van der Waals surface area (Å²) in [5, 5.41) is 17.9. The van der Waals surface area contributed by atoms with E-state index in [0.717, 1.165) is 74.2 Å². The molecule has 0 bridgehead atoms. The molecule has 3 aromatic heterocycles. The van der Waals surface area contributed by atoms with Crippen LogP contribution in [0.5, 0.6) is 0 Å². The van der Waals surface area contributed by atoms with Gasteiger partial charge >= 0.3 is 0 Å². The third-order valence-corrected chi connectivity index (χ3v) is 6.85. The van der Waals surface area contributed by atoms with Crippen LogP contribution in [0.25, 0.3) is 22.0 Å². The van der Waals surface area contributed by atoms with Crippen molar-refractivity contribution < 1.29 is 4.42 Å². The highest BCUT2D eigenvalue weighted by Crippen LogP contribution is 2.33. The molecule has 2 fully saturated rings. The van der Waals surface area contributed by atoms with Gasteiger partial charge in [-0.1, -0.05) is 12.8 Å². The zero-order valence-electron chi connectivity index (χ0n) is 18.8. The molecule has 0 spiro atoms. The Morgan fingerprint density at radius 3 is 2.79 bits per heavy atom. The summed E-state index contributed by atoms with van der Waals surface area (Å²) in [6.45, 7) is 3.77. The van der Waals surface area contributed by atoms with Crippen LogP contribution < -0.4 is 21.1 Å². The van der Waals surface area contributed by atoms with Crippen molar-refractivity contribution in [2.75, 3.05) is 36.4 Å². The molecule has 34 heavy (non-hydrogen) atoms. The molecule has 1 saturated heterocycles. The van der Waals surface area contributed by atoms with Crippen molar-refractivity contribution in [1.82, 2.24) is 19.9 Å². The lowest BCUT2D eigenvalue weighted by Gasteiger charge is -2.28. The van der Waals surface area contributed by atoms with Crippen molar-refractivity contribution in [3.8, 4) is 6.07 Å². The summed E-state index contributed by atoms with van der Waals surface area (Å²) in [6, 6.07) is 9.61. The Bertz CT molecular complexity index is 1470. The number of anilines is 3. The van der Waals surface area contributed by atoms with Gasteiger partial charge in [0.25, 0.3) is 5.56 Å². The number of nitriles is 1. The summed E-state index contributed by atoms with van der Waals surface area (Å²) in [6.07, 6.45) is 7.49. The Labute approximate surface area is 196 Å². The first-order valence-corrected chi connectivity index (χ1v) is 11.8. The van der Waals surface area contributed by atoms with Gasteiger partial charge in [-0.05, 0) is 37.1 Å². The maximum atomic E-state index is 13.0. The second-order valence-corrected chi connectivity index (χ2v) is 8.95. The fourth-order valence-electron chi connectivity index (χ4n) is 5.13. The number of nitrogens with one attached hydrogen (secondary N) is 2. The van der Waals surface area contributed by atoms with Crippen molar-refractivity contribution in [1.29, 1.82) is 5.26 Å². The van der Waals surface area contributed by atoms with Gasteiger partial charge in [-0.2, -0.15) is 10.2 Å². The lowest BCUT2D eigenvalue weighted by molar-refractivity contribution is 0.515. The summed E-state index contributed by atoms with van der Waals surface area (Å²) in [4.78, 5) is 24.5. The molecule has 9 heteroatoms. The third-order valence-electron chi connectivity index (χ3n) is 6.85. The van der Waals surface area contributed by atoms with Crippen molar-refractivity contribution >= 4 is 39.3 Å². The predicted molar refractivity (Wildman–Crippen MR) is 131 cm³/mol. The van der Waals surface area contributed by atoms with Gasteiger partial charge in [0.15, 0.2) is 0 Å². The Hall–Kier alpha value is -3.90. The molecule has 172 valence electrons. The molecule has 1 saturated carbocycles. The highest BCUT2D eigenvalue weighted by Gasteiger charge is 2.23. The van der Waals surface area contributed by atoms with E-state index < -0.39 is 0 Å².